The summed E-state index contributed by atoms with van der Waals surface area (Å²) in [6.07, 6.45) is 0.657. The van der Waals surface area contributed by atoms with Gasteiger partial charge in [0.1, 0.15) is 5.75 Å². The summed E-state index contributed by atoms with van der Waals surface area (Å²) in [4.78, 5) is 24.4. The van der Waals surface area contributed by atoms with Gasteiger partial charge in [0.05, 0.1) is 23.1 Å². The van der Waals surface area contributed by atoms with E-state index < -0.39 is 28.4 Å². The third-order valence-electron chi connectivity index (χ3n) is 4.11. The van der Waals surface area contributed by atoms with Crippen molar-refractivity contribution in [1.82, 2.24) is 4.72 Å². The fourth-order valence-corrected chi connectivity index (χ4v) is 3.68. The lowest BCUT2D eigenvalue weighted by atomic mass is 10.1. The van der Waals surface area contributed by atoms with Crippen LogP contribution >= 0.6 is 0 Å². The number of ketones is 1. The Morgan fingerprint density at radius 2 is 1.71 bits per heavy atom. The Bertz CT molecular complexity index is 937. The Balaban J connectivity index is 2.02. The molecule has 0 saturated carbocycles. The number of rotatable bonds is 9. The van der Waals surface area contributed by atoms with Gasteiger partial charge in [-0.2, -0.15) is 0 Å². The summed E-state index contributed by atoms with van der Waals surface area (Å²) in [5.41, 5.74) is 0.464. The highest BCUT2D eigenvalue weighted by atomic mass is 32.2. The second-order valence-corrected chi connectivity index (χ2v) is 7.87. The molecule has 0 saturated heterocycles. The average Bonchev–Trinajstić information content (AvgIpc) is 2.71. The number of carbonyl (C=O) groups excluding carboxylic acids is 2. The van der Waals surface area contributed by atoms with Crippen LogP contribution in [0.5, 0.6) is 5.75 Å². The van der Waals surface area contributed by atoms with Gasteiger partial charge in [-0.3, -0.25) is 4.79 Å². The second kappa shape index (κ2) is 9.48. The molecule has 0 spiro atoms. The van der Waals surface area contributed by atoms with E-state index in [0.29, 0.717) is 17.7 Å². The minimum absolute atomic E-state index is 0.0504. The topological polar surface area (TPSA) is 98.8 Å². The number of benzene rings is 2. The number of methoxy groups -OCH3 is 1. The largest absolute Gasteiger partial charge is 0.496 e. The summed E-state index contributed by atoms with van der Waals surface area (Å²) in [6, 6.07) is 11.8. The first-order valence-electron chi connectivity index (χ1n) is 8.74. The van der Waals surface area contributed by atoms with Crippen LogP contribution in [0, 0.1) is 0 Å². The van der Waals surface area contributed by atoms with Crippen LogP contribution in [0.2, 0.25) is 0 Å². The van der Waals surface area contributed by atoms with E-state index in [1.165, 1.54) is 31.4 Å². The van der Waals surface area contributed by atoms with Gasteiger partial charge in [0.2, 0.25) is 15.8 Å². The van der Waals surface area contributed by atoms with Crippen LogP contribution in [-0.4, -0.2) is 39.9 Å². The van der Waals surface area contributed by atoms with E-state index in [1.807, 2.05) is 6.92 Å². The number of nitrogens with one attached hydrogen (secondary N) is 1. The lowest BCUT2D eigenvalue weighted by Crippen LogP contribution is -2.32. The van der Waals surface area contributed by atoms with Gasteiger partial charge in [-0.15, -0.1) is 0 Å². The summed E-state index contributed by atoms with van der Waals surface area (Å²) in [7, 11) is -2.21. The number of carbonyl (C=O) groups is 2. The molecule has 1 atom stereocenters. The molecule has 150 valence electrons. The number of para-hydroxylation sites is 1. The van der Waals surface area contributed by atoms with Gasteiger partial charge in [0.15, 0.2) is 6.61 Å². The Labute approximate surface area is 164 Å². The van der Waals surface area contributed by atoms with Crippen molar-refractivity contribution in [2.45, 2.75) is 31.2 Å². The summed E-state index contributed by atoms with van der Waals surface area (Å²) in [5, 5.41) is 0. The van der Waals surface area contributed by atoms with Crippen LogP contribution in [0.25, 0.3) is 0 Å². The van der Waals surface area contributed by atoms with Crippen molar-refractivity contribution < 1.29 is 27.5 Å². The van der Waals surface area contributed by atoms with Crippen LogP contribution in [0.4, 0.5) is 0 Å². The smallest absolute Gasteiger partial charge is 0.338 e. The molecule has 0 fully saturated rings. The Kier molecular flexibility index (Phi) is 7.31. The van der Waals surface area contributed by atoms with E-state index in [9.17, 15) is 18.0 Å². The third-order valence-corrected chi connectivity index (χ3v) is 5.72. The number of hydrogen-bond acceptors (Lipinski definition) is 6. The van der Waals surface area contributed by atoms with Crippen LogP contribution < -0.4 is 9.46 Å². The molecule has 0 aromatic heterocycles. The Morgan fingerprint density at radius 3 is 2.32 bits per heavy atom. The standard InChI is InChI=1S/C20H23NO6S/c1-4-14(2)21-28(24,25)16-11-9-15(10-12-16)20(23)27-13-18(22)17-7-5-6-8-19(17)26-3/h5-12,14,21H,4,13H2,1-3H3/t14-/m1/s1. The molecule has 0 aliphatic carbocycles. The number of Topliss-reactive ketones (excluding diaryl/α,β-unsaturated/α-hetero) is 1. The molecule has 7 nitrogen and oxygen atoms in total. The Morgan fingerprint density at radius 1 is 1.07 bits per heavy atom. The van der Waals surface area contributed by atoms with E-state index in [4.69, 9.17) is 9.47 Å². The van der Waals surface area contributed by atoms with Crippen molar-refractivity contribution in [3.8, 4) is 5.75 Å². The number of ether oxygens (including phenoxy) is 2. The van der Waals surface area contributed by atoms with Crippen LogP contribution in [0.1, 0.15) is 41.0 Å². The predicted molar refractivity (Wildman–Crippen MR) is 104 cm³/mol. The minimum Gasteiger partial charge on any atom is -0.496 e. The molecule has 0 aliphatic heterocycles. The lowest BCUT2D eigenvalue weighted by molar-refractivity contribution is 0.0474. The number of sulfonamides is 1. The van der Waals surface area contributed by atoms with Crippen molar-refractivity contribution in [3.63, 3.8) is 0 Å². The predicted octanol–water partition coefficient (Wildman–Crippen LogP) is 2.81. The van der Waals surface area contributed by atoms with Gasteiger partial charge < -0.3 is 9.47 Å². The highest BCUT2D eigenvalue weighted by Crippen LogP contribution is 2.18. The molecule has 2 rings (SSSR count). The van der Waals surface area contributed by atoms with E-state index >= 15 is 0 Å². The number of hydrogen-bond donors (Lipinski definition) is 1. The van der Waals surface area contributed by atoms with Crippen molar-refractivity contribution in [2.75, 3.05) is 13.7 Å². The van der Waals surface area contributed by atoms with E-state index in [0.717, 1.165) is 0 Å². The maximum Gasteiger partial charge on any atom is 0.338 e. The average molecular weight is 405 g/mol. The first-order valence-corrected chi connectivity index (χ1v) is 10.2. The molecule has 2 aromatic rings. The van der Waals surface area contributed by atoms with Crippen molar-refractivity contribution in [3.05, 3.63) is 59.7 Å². The molecule has 2 aromatic carbocycles. The van der Waals surface area contributed by atoms with Crippen LogP contribution in [-0.2, 0) is 14.8 Å². The lowest BCUT2D eigenvalue weighted by Gasteiger charge is -2.12. The summed E-state index contributed by atoms with van der Waals surface area (Å²) in [5.74, 6) is -0.725. The molecule has 0 unspecified atom stereocenters. The van der Waals surface area contributed by atoms with Gasteiger partial charge in [-0.1, -0.05) is 19.1 Å². The highest BCUT2D eigenvalue weighted by molar-refractivity contribution is 7.89. The fraction of sp³-hybridized carbons (Fsp3) is 0.300. The van der Waals surface area contributed by atoms with Crippen molar-refractivity contribution in [1.29, 1.82) is 0 Å². The SMILES string of the molecule is CC[C@@H](C)NS(=O)(=O)c1ccc(C(=O)OCC(=O)c2ccccc2OC)cc1. The fourth-order valence-electron chi connectivity index (χ4n) is 2.35. The molecule has 8 heteroatoms. The van der Waals surface area contributed by atoms with Crippen molar-refractivity contribution in [2.24, 2.45) is 0 Å². The Hall–Kier alpha value is -2.71. The van der Waals surface area contributed by atoms with E-state index in [-0.39, 0.29) is 16.5 Å². The minimum atomic E-state index is -3.65. The third kappa shape index (κ3) is 5.40. The zero-order valence-electron chi connectivity index (χ0n) is 16.0. The molecule has 0 bridgehead atoms. The summed E-state index contributed by atoms with van der Waals surface area (Å²) in [6.45, 7) is 3.19. The maximum absolute atomic E-state index is 12.2. The first-order chi connectivity index (χ1) is 13.3. The molecule has 0 amide bonds. The van der Waals surface area contributed by atoms with E-state index in [1.54, 1.807) is 31.2 Å². The molecule has 0 heterocycles. The molecule has 28 heavy (non-hydrogen) atoms. The van der Waals surface area contributed by atoms with Gasteiger partial charge >= 0.3 is 5.97 Å². The van der Waals surface area contributed by atoms with Gasteiger partial charge in [0, 0.05) is 6.04 Å². The quantitative estimate of drug-likeness (QED) is 0.509. The molecule has 0 aliphatic rings. The molecular weight excluding hydrogens is 382 g/mol. The summed E-state index contributed by atoms with van der Waals surface area (Å²) < 4.78 is 37.2. The zero-order chi connectivity index (χ0) is 20.7. The van der Waals surface area contributed by atoms with Gasteiger partial charge in [-0.05, 0) is 49.7 Å². The molecule has 1 N–H and O–H groups in total. The van der Waals surface area contributed by atoms with Gasteiger partial charge in [-0.25, -0.2) is 17.9 Å². The van der Waals surface area contributed by atoms with E-state index in [2.05, 4.69) is 4.72 Å². The molecule has 0 radical (unpaired) electrons. The first kappa shape index (κ1) is 21.6. The van der Waals surface area contributed by atoms with Crippen molar-refractivity contribution >= 4 is 21.8 Å². The van der Waals surface area contributed by atoms with Crippen LogP contribution in [0.15, 0.2) is 53.4 Å². The van der Waals surface area contributed by atoms with Gasteiger partial charge in [0.25, 0.3) is 0 Å². The highest BCUT2D eigenvalue weighted by Gasteiger charge is 2.18. The second-order valence-electron chi connectivity index (χ2n) is 6.15. The summed E-state index contributed by atoms with van der Waals surface area (Å²) >= 11 is 0. The number of esters is 1. The normalized spacial score (nSPS) is 12.2. The van der Waals surface area contributed by atoms with Crippen LogP contribution in [0.3, 0.4) is 0 Å². The maximum atomic E-state index is 12.2. The zero-order valence-corrected chi connectivity index (χ0v) is 16.8. The monoisotopic (exact) mass is 405 g/mol. The molecular formula is C20H23NO6S.